The van der Waals surface area contributed by atoms with E-state index in [9.17, 15) is 9.59 Å². The molecule has 1 heterocycles. The van der Waals surface area contributed by atoms with Crippen LogP contribution in [0, 0.1) is 0 Å². The summed E-state index contributed by atoms with van der Waals surface area (Å²) in [5.74, 6) is 0.965. The molecule has 104 valence electrons. The molecule has 1 aliphatic heterocycles. The Morgan fingerprint density at radius 1 is 1.28 bits per heavy atom. The molecule has 0 aromatic rings. The van der Waals surface area contributed by atoms with Crippen LogP contribution in [0.4, 0.5) is 0 Å². The van der Waals surface area contributed by atoms with E-state index >= 15 is 0 Å². The van der Waals surface area contributed by atoms with Gasteiger partial charge in [-0.05, 0) is 25.5 Å². The van der Waals surface area contributed by atoms with Crippen LogP contribution in [0.3, 0.4) is 0 Å². The summed E-state index contributed by atoms with van der Waals surface area (Å²) in [5.41, 5.74) is -0.640. The number of nitrogens with one attached hydrogen (secondary N) is 1. The van der Waals surface area contributed by atoms with E-state index in [-0.39, 0.29) is 17.9 Å². The van der Waals surface area contributed by atoms with Gasteiger partial charge >= 0.3 is 0 Å². The summed E-state index contributed by atoms with van der Waals surface area (Å²) in [4.78, 5) is 26.6. The maximum absolute atomic E-state index is 12.4. The molecule has 1 unspecified atom stereocenters. The maximum atomic E-state index is 12.4. The van der Waals surface area contributed by atoms with Crippen molar-refractivity contribution in [2.24, 2.45) is 0 Å². The topological polar surface area (TPSA) is 49.4 Å². The smallest absolute Gasteiger partial charge is 0.246 e. The minimum atomic E-state index is -0.640. The highest BCUT2D eigenvalue weighted by Crippen LogP contribution is 2.29. The average molecular weight is 272 g/mol. The van der Waals surface area contributed by atoms with Gasteiger partial charge in [-0.15, -0.1) is 0 Å². The van der Waals surface area contributed by atoms with Crippen molar-refractivity contribution in [2.75, 3.05) is 18.6 Å². The lowest BCUT2D eigenvalue weighted by atomic mass is 9.85. The quantitative estimate of drug-likeness (QED) is 0.800. The van der Waals surface area contributed by atoms with Crippen LogP contribution in [0.1, 0.15) is 40.0 Å². The summed E-state index contributed by atoms with van der Waals surface area (Å²) in [5, 5.41) is 2.88. The SMILES string of the molecule is CCC1NC(=O)C(CC)(CC)N(CCSC)C1=O. The zero-order valence-electron chi connectivity index (χ0n) is 11.8. The lowest BCUT2D eigenvalue weighted by Crippen LogP contribution is -2.70. The second-order valence-electron chi connectivity index (χ2n) is 4.66. The van der Waals surface area contributed by atoms with E-state index in [0.717, 1.165) is 5.75 Å². The molecule has 4 nitrogen and oxygen atoms in total. The standard InChI is InChI=1S/C13H24N2O2S/c1-5-10-11(16)15(8-9-18-4)13(6-2,7-3)12(17)14-10/h10H,5-9H2,1-4H3,(H,14,17). The van der Waals surface area contributed by atoms with Crippen LogP contribution in [-0.2, 0) is 9.59 Å². The molecule has 5 heteroatoms. The van der Waals surface area contributed by atoms with E-state index in [2.05, 4.69) is 5.32 Å². The van der Waals surface area contributed by atoms with Crippen LogP contribution in [0.15, 0.2) is 0 Å². The van der Waals surface area contributed by atoms with Gasteiger partial charge in [0.05, 0.1) is 0 Å². The van der Waals surface area contributed by atoms with Gasteiger partial charge in [-0.25, -0.2) is 0 Å². The van der Waals surface area contributed by atoms with E-state index in [1.165, 1.54) is 0 Å². The first kappa shape index (κ1) is 15.3. The molecule has 1 rings (SSSR count). The zero-order valence-corrected chi connectivity index (χ0v) is 12.6. The third-order valence-electron chi connectivity index (χ3n) is 3.91. The van der Waals surface area contributed by atoms with E-state index in [1.807, 2.05) is 31.9 Å². The number of hydrogen-bond acceptors (Lipinski definition) is 3. The van der Waals surface area contributed by atoms with Gasteiger partial charge in [-0.1, -0.05) is 20.8 Å². The van der Waals surface area contributed by atoms with Crippen molar-refractivity contribution >= 4 is 23.6 Å². The third-order valence-corrected chi connectivity index (χ3v) is 4.50. The molecule has 1 atom stereocenters. The minimum absolute atomic E-state index is 0.0139. The first-order valence-corrected chi connectivity index (χ1v) is 8.08. The predicted octanol–water partition coefficient (Wildman–Crippen LogP) is 1.65. The fourth-order valence-electron chi connectivity index (χ4n) is 2.61. The van der Waals surface area contributed by atoms with E-state index < -0.39 is 5.54 Å². The first-order chi connectivity index (χ1) is 8.57. The highest BCUT2D eigenvalue weighted by Gasteiger charge is 2.49. The number of carbonyl (C=O) groups excluding carboxylic acids is 2. The summed E-state index contributed by atoms with van der Waals surface area (Å²) in [7, 11) is 0. The highest BCUT2D eigenvalue weighted by atomic mass is 32.2. The molecule has 0 aromatic heterocycles. The fourth-order valence-corrected chi connectivity index (χ4v) is 2.98. The largest absolute Gasteiger partial charge is 0.342 e. The van der Waals surface area contributed by atoms with Gasteiger partial charge < -0.3 is 10.2 Å². The van der Waals surface area contributed by atoms with Gasteiger partial charge in [-0.2, -0.15) is 11.8 Å². The van der Waals surface area contributed by atoms with Crippen molar-refractivity contribution < 1.29 is 9.59 Å². The normalized spacial score (nSPS) is 23.1. The lowest BCUT2D eigenvalue weighted by Gasteiger charge is -2.47. The van der Waals surface area contributed by atoms with Gasteiger partial charge in [0.15, 0.2) is 0 Å². The van der Waals surface area contributed by atoms with Gasteiger partial charge in [0, 0.05) is 12.3 Å². The van der Waals surface area contributed by atoms with Crippen LogP contribution < -0.4 is 5.32 Å². The summed E-state index contributed by atoms with van der Waals surface area (Å²) in [6, 6.07) is -0.342. The number of rotatable bonds is 6. The molecule has 1 saturated heterocycles. The molecule has 2 amide bonds. The van der Waals surface area contributed by atoms with Crippen molar-refractivity contribution in [1.29, 1.82) is 0 Å². The molecule has 0 saturated carbocycles. The molecular formula is C13H24N2O2S. The summed E-state index contributed by atoms with van der Waals surface area (Å²) in [6.45, 7) is 6.55. The Morgan fingerprint density at radius 2 is 1.89 bits per heavy atom. The predicted molar refractivity (Wildman–Crippen MR) is 75.6 cm³/mol. The average Bonchev–Trinajstić information content (AvgIpc) is 2.39. The lowest BCUT2D eigenvalue weighted by molar-refractivity contribution is -0.158. The first-order valence-electron chi connectivity index (χ1n) is 6.68. The molecule has 0 radical (unpaired) electrons. The van der Waals surface area contributed by atoms with E-state index in [0.29, 0.717) is 25.8 Å². The number of carbonyl (C=O) groups is 2. The van der Waals surface area contributed by atoms with Crippen LogP contribution in [0.2, 0.25) is 0 Å². The molecule has 1 N–H and O–H groups in total. The van der Waals surface area contributed by atoms with Crippen LogP contribution in [0.5, 0.6) is 0 Å². The van der Waals surface area contributed by atoms with E-state index in [1.54, 1.807) is 11.8 Å². The van der Waals surface area contributed by atoms with Crippen LogP contribution >= 0.6 is 11.8 Å². The summed E-state index contributed by atoms with van der Waals surface area (Å²) >= 11 is 1.70. The third kappa shape index (κ3) is 2.51. The molecule has 0 aliphatic carbocycles. The number of hydrogen-bond donors (Lipinski definition) is 1. The van der Waals surface area contributed by atoms with Crippen molar-refractivity contribution in [1.82, 2.24) is 10.2 Å². The molecule has 1 fully saturated rings. The second-order valence-corrected chi connectivity index (χ2v) is 5.64. The van der Waals surface area contributed by atoms with Gasteiger partial charge in [-0.3, -0.25) is 9.59 Å². The fraction of sp³-hybridized carbons (Fsp3) is 0.846. The Bertz CT molecular complexity index is 316. The maximum Gasteiger partial charge on any atom is 0.246 e. The number of amides is 2. The Balaban J connectivity index is 3.05. The number of thioether (sulfide) groups is 1. The Morgan fingerprint density at radius 3 is 2.33 bits per heavy atom. The van der Waals surface area contributed by atoms with Crippen molar-refractivity contribution in [3.8, 4) is 0 Å². The van der Waals surface area contributed by atoms with E-state index in [4.69, 9.17) is 0 Å². The highest BCUT2D eigenvalue weighted by molar-refractivity contribution is 7.98. The van der Waals surface area contributed by atoms with Crippen molar-refractivity contribution in [3.63, 3.8) is 0 Å². The number of piperazine rings is 1. The van der Waals surface area contributed by atoms with Gasteiger partial charge in [0.1, 0.15) is 11.6 Å². The second kappa shape index (κ2) is 6.45. The van der Waals surface area contributed by atoms with Gasteiger partial charge in [0.25, 0.3) is 0 Å². The molecule has 0 spiro atoms. The Kier molecular flexibility index (Phi) is 5.50. The Hall–Kier alpha value is -0.710. The minimum Gasteiger partial charge on any atom is -0.342 e. The summed E-state index contributed by atoms with van der Waals surface area (Å²) < 4.78 is 0. The monoisotopic (exact) mass is 272 g/mol. The number of nitrogens with zero attached hydrogens (tertiary/aromatic N) is 1. The van der Waals surface area contributed by atoms with Crippen LogP contribution in [0.25, 0.3) is 0 Å². The molecule has 0 bridgehead atoms. The van der Waals surface area contributed by atoms with Gasteiger partial charge in [0.2, 0.25) is 11.8 Å². The Labute approximate surface area is 114 Å². The van der Waals surface area contributed by atoms with Crippen LogP contribution in [-0.4, -0.2) is 46.8 Å². The zero-order chi connectivity index (χ0) is 13.8. The molecule has 1 aliphatic rings. The molecular weight excluding hydrogens is 248 g/mol. The molecule has 0 aromatic carbocycles. The molecule has 18 heavy (non-hydrogen) atoms. The van der Waals surface area contributed by atoms with Crippen molar-refractivity contribution in [3.05, 3.63) is 0 Å². The van der Waals surface area contributed by atoms with Crippen molar-refractivity contribution in [2.45, 2.75) is 51.6 Å². The summed E-state index contributed by atoms with van der Waals surface area (Å²) in [6.07, 6.45) is 4.02.